The SMILES string of the molecule is CC(C)c1cc(N2c3ccccc3[Si](c3ccccc3)(c3ccccc3)c3cc4c(cc32)sc2ccccc24)c2ccc3c(C(C)C)cc(N4c5ccccc5[Si](c5ccccc5)(c5ccccc5)c5cc6c(cc54)sc4ccccc46)c4ccc1c2c34. The molecule has 88 heavy (non-hydrogen) atoms. The van der Waals surface area contributed by atoms with E-state index in [9.17, 15) is 0 Å². The van der Waals surface area contributed by atoms with Gasteiger partial charge in [-0.1, -0.05) is 258 Å². The minimum atomic E-state index is -3.02. The van der Waals surface area contributed by atoms with Crippen LogP contribution in [0.4, 0.5) is 34.1 Å². The lowest BCUT2D eigenvalue weighted by atomic mass is 9.84. The van der Waals surface area contributed by atoms with Gasteiger partial charge in [0.1, 0.15) is 0 Å². The smallest absolute Gasteiger partial charge is 0.184 e. The van der Waals surface area contributed by atoms with E-state index in [2.05, 4.69) is 317 Å². The van der Waals surface area contributed by atoms with Gasteiger partial charge in [-0.05, 0) is 135 Å². The van der Waals surface area contributed by atoms with E-state index in [4.69, 9.17) is 0 Å². The molecule has 2 aromatic heterocycles. The van der Waals surface area contributed by atoms with Crippen LogP contribution in [0.5, 0.6) is 0 Å². The number of benzene rings is 14. The van der Waals surface area contributed by atoms with Gasteiger partial charge in [-0.3, -0.25) is 0 Å². The summed E-state index contributed by atoms with van der Waals surface area (Å²) in [5.41, 5.74) is 10.2. The van der Waals surface area contributed by atoms with Crippen LogP contribution in [-0.4, -0.2) is 16.1 Å². The van der Waals surface area contributed by atoms with E-state index in [1.165, 1.54) is 159 Å². The Bertz CT molecular complexity index is 5060. The van der Waals surface area contributed by atoms with E-state index in [-0.39, 0.29) is 11.8 Å². The van der Waals surface area contributed by atoms with Crippen LogP contribution >= 0.6 is 22.7 Å². The van der Waals surface area contributed by atoms with E-state index in [1.54, 1.807) is 0 Å². The summed E-state index contributed by atoms with van der Waals surface area (Å²) in [4.78, 5) is 5.41. The van der Waals surface area contributed by atoms with Crippen LogP contribution < -0.4 is 51.3 Å². The highest BCUT2D eigenvalue weighted by Crippen LogP contribution is 2.53. The highest BCUT2D eigenvalue weighted by atomic mass is 32.1. The average Bonchev–Trinajstić information content (AvgIpc) is 1.63. The van der Waals surface area contributed by atoms with Gasteiger partial charge in [-0.15, -0.1) is 22.7 Å². The van der Waals surface area contributed by atoms with Crippen LogP contribution in [-0.2, 0) is 0 Å². The second kappa shape index (κ2) is 19.5. The fraction of sp³-hybridized carbons (Fsp3) is 0.0732. The molecule has 0 aliphatic carbocycles. The monoisotopic (exact) mass is 1190 g/mol. The Morgan fingerprint density at radius 1 is 0.250 bits per heavy atom. The van der Waals surface area contributed by atoms with E-state index in [0.29, 0.717) is 0 Å². The van der Waals surface area contributed by atoms with Crippen LogP contribution in [0, 0.1) is 0 Å². The molecule has 4 heterocycles. The number of anilines is 6. The second-order valence-corrected chi connectivity index (χ2v) is 34.6. The maximum atomic E-state index is 2.71. The quantitative estimate of drug-likeness (QED) is 0.111. The van der Waals surface area contributed by atoms with Crippen molar-refractivity contribution in [3.63, 3.8) is 0 Å². The number of fused-ring (bicyclic) bond motifs is 10. The standard InChI is InChI=1S/C82H60N2S2Si2/c1-51(2)63-45-69(83-67-35-19-23-39-77(67)87(53-25-9-5-10-26-53,54-27-11-6-12-28-54)79-47-65-57-33-17-21-37-73(57)85-75(65)49-71(79)83)61-44-42-60-64(52(3)4)46-70(62-43-41-59(63)81(61)82(60)62)84-68-36-20-24-40-78(68)88(55-29-13-7-14-30-55,56-31-15-8-16-32-56)80-48-66-58-34-18-22-38-74(58)86-76(66)50-72(80)84/h5-52H,1-4H3. The summed E-state index contributed by atoms with van der Waals surface area (Å²) in [6, 6.07) is 109. The molecule has 2 nitrogen and oxygen atoms in total. The van der Waals surface area contributed by atoms with Crippen molar-refractivity contribution in [2.24, 2.45) is 0 Å². The maximum absolute atomic E-state index is 3.02. The molecule has 418 valence electrons. The minimum absolute atomic E-state index is 0.234. The van der Waals surface area contributed by atoms with Crippen molar-refractivity contribution in [1.29, 1.82) is 0 Å². The first-order valence-corrected chi connectivity index (χ1v) is 36.7. The topological polar surface area (TPSA) is 6.48 Å². The molecule has 2 aliphatic rings. The number of nitrogens with zero attached hydrogens (tertiary/aromatic N) is 2. The summed E-state index contributed by atoms with van der Waals surface area (Å²) >= 11 is 3.84. The molecule has 2 aliphatic heterocycles. The third-order valence-electron chi connectivity index (χ3n) is 19.8. The van der Waals surface area contributed by atoms with Gasteiger partial charge in [0.15, 0.2) is 16.1 Å². The largest absolute Gasteiger partial charge is 0.310 e. The fourth-order valence-corrected chi connectivity index (χ4v) is 28.7. The molecule has 0 spiro atoms. The summed E-state index contributed by atoms with van der Waals surface area (Å²) in [5.74, 6) is 0.468. The van der Waals surface area contributed by atoms with Crippen molar-refractivity contribution >= 4 is 187 Å². The van der Waals surface area contributed by atoms with Gasteiger partial charge in [-0.25, -0.2) is 0 Å². The van der Waals surface area contributed by atoms with Gasteiger partial charge >= 0.3 is 0 Å². The summed E-state index contributed by atoms with van der Waals surface area (Å²) in [6.07, 6.45) is 0. The third kappa shape index (κ3) is 7.08. The van der Waals surface area contributed by atoms with Crippen molar-refractivity contribution in [2.45, 2.75) is 39.5 Å². The zero-order valence-electron chi connectivity index (χ0n) is 49.4. The molecule has 0 radical (unpaired) electrons. The fourth-order valence-electron chi connectivity index (χ4n) is 16.2. The van der Waals surface area contributed by atoms with Gasteiger partial charge in [-0.2, -0.15) is 0 Å². The Morgan fingerprint density at radius 3 is 0.955 bits per heavy atom. The molecule has 0 fully saturated rings. The number of hydrogen-bond acceptors (Lipinski definition) is 4. The summed E-state index contributed by atoms with van der Waals surface area (Å²) < 4.78 is 5.25. The van der Waals surface area contributed by atoms with Gasteiger partial charge in [0.05, 0.1) is 11.4 Å². The lowest BCUT2D eigenvalue weighted by Gasteiger charge is -2.46. The van der Waals surface area contributed by atoms with Crippen LogP contribution in [0.3, 0.4) is 0 Å². The Hall–Kier alpha value is -9.41. The molecule has 0 bridgehead atoms. The Kier molecular flexibility index (Phi) is 11.5. The summed E-state index contributed by atoms with van der Waals surface area (Å²) in [5, 5.41) is 24.4. The van der Waals surface area contributed by atoms with Crippen molar-refractivity contribution in [1.82, 2.24) is 0 Å². The van der Waals surface area contributed by atoms with Crippen molar-refractivity contribution in [3.8, 4) is 0 Å². The van der Waals surface area contributed by atoms with Crippen LogP contribution in [0.15, 0.2) is 279 Å². The lowest BCUT2D eigenvalue weighted by Crippen LogP contribution is -2.77. The molecule has 14 aromatic carbocycles. The van der Waals surface area contributed by atoms with E-state index >= 15 is 0 Å². The van der Waals surface area contributed by atoms with Gasteiger partial charge in [0.25, 0.3) is 0 Å². The first-order chi connectivity index (χ1) is 43.3. The van der Waals surface area contributed by atoms with Gasteiger partial charge in [0, 0.05) is 73.9 Å². The molecular formula is C82H60N2S2Si2. The van der Waals surface area contributed by atoms with E-state index in [0.717, 1.165) is 0 Å². The first kappa shape index (κ1) is 51.8. The Labute approximate surface area is 522 Å². The Balaban J connectivity index is 0.964. The van der Waals surface area contributed by atoms with Crippen LogP contribution in [0.25, 0.3) is 72.7 Å². The van der Waals surface area contributed by atoms with Crippen molar-refractivity contribution in [3.05, 3.63) is 290 Å². The predicted octanol–water partition coefficient (Wildman–Crippen LogP) is 17.9. The minimum Gasteiger partial charge on any atom is -0.310 e. The maximum Gasteiger partial charge on any atom is 0.184 e. The first-order valence-electron chi connectivity index (χ1n) is 31.0. The molecule has 0 atom stereocenters. The Morgan fingerprint density at radius 2 is 0.580 bits per heavy atom. The predicted molar refractivity (Wildman–Crippen MR) is 388 cm³/mol. The van der Waals surface area contributed by atoms with Crippen molar-refractivity contribution < 1.29 is 0 Å². The number of rotatable bonds is 8. The second-order valence-electron chi connectivity index (χ2n) is 24.9. The highest BCUT2D eigenvalue weighted by Gasteiger charge is 2.51. The van der Waals surface area contributed by atoms with Crippen molar-refractivity contribution in [2.75, 3.05) is 9.80 Å². The number of thiophene rings is 2. The lowest BCUT2D eigenvalue weighted by molar-refractivity contribution is 0.875. The average molecular weight is 1190 g/mol. The summed E-state index contributed by atoms with van der Waals surface area (Å²) in [7, 11) is -6.04. The van der Waals surface area contributed by atoms with E-state index < -0.39 is 16.1 Å². The van der Waals surface area contributed by atoms with Gasteiger partial charge in [0.2, 0.25) is 0 Å². The molecule has 16 aromatic rings. The normalized spacial score (nSPS) is 14.2. The van der Waals surface area contributed by atoms with Crippen LogP contribution in [0.1, 0.15) is 50.7 Å². The molecular weight excluding hydrogens is 1130 g/mol. The zero-order chi connectivity index (χ0) is 58.6. The molecule has 18 rings (SSSR count). The molecule has 0 amide bonds. The third-order valence-corrected chi connectivity index (χ3v) is 31.8. The summed E-state index contributed by atoms with van der Waals surface area (Å²) in [6.45, 7) is 9.59. The molecule has 0 N–H and O–H groups in total. The number of hydrogen-bond donors (Lipinski definition) is 0. The molecule has 0 saturated carbocycles. The van der Waals surface area contributed by atoms with Gasteiger partial charge < -0.3 is 9.80 Å². The highest BCUT2D eigenvalue weighted by molar-refractivity contribution is 7.27. The molecule has 0 saturated heterocycles. The van der Waals surface area contributed by atoms with E-state index in [1.807, 2.05) is 22.7 Å². The zero-order valence-corrected chi connectivity index (χ0v) is 53.1. The molecule has 6 heteroatoms. The van der Waals surface area contributed by atoms with Crippen LogP contribution in [0.2, 0.25) is 0 Å². The number of para-hydroxylation sites is 2. The molecule has 0 unspecified atom stereocenters.